The van der Waals surface area contributed by atoms with Gasteiger partial charge in [0.1, 0.15) is 0 Å². The van der Waals surface area contributed by atoms with Crippen molar-refractivity contribution in [2.24, 2.45) is 0 Å². The average Bonchev–Trinajstić information content (AvgIpc) is 2.94. The van der Waals surface area contributed by atoms with Gasteiger partial charge in [0.2, 0.25) is 0 Å². The predicted molar refractivity (Wildman–Crippen MR) is 80.0 cm³/mol. The Morgan fingerprint density at radius 3 is 2.50 bits per heavy atom. The molecule has 0 saturated heterocycles. The van der Waals surface area contributed by atoms with E-state index < -0.39 is 15.8 Å². The molecule has 0 aliphatic heterocycles. The molecule has 0 atom stereocenters. The van der Waals surface area contributed by atoms with Gasteiger partial charge in [-0.3, -0.25) is 0 Å². The molecule has 0 saturated carbocycles. The number of rotatable bonds is 3. The molecule has 0 spiro atoms. The number of aromatic nitrogens is 2. The Labute approximate surface area is 127 Å². The van der Waals surface area contributed by atoms with E-state index in [0.29, 0.717) is 0 Å². The molecule has 0 N–H and O–H groups in total. The number of benzene rings is 1. The summed E-state index contributed by atoms with van der Waals surface area (Å²) in [6.45, 7) is 1.87. The van der Waals surface area contributed by atoms with Crippen LogP contribution in [0.2, 0.25) is 0 Å². The molecule has 3 aromatic rings. The van der Waals surface area contributed by atoms with Crippen LogP contribution in [0, 0.1) is 12.7 Å². The molecule has 0 unspecified atom stereocenters. The highest BCUT2D eigenvalue weighted by atomic mass is 32.2. The fraction of sp³-hybridized carbons (Fsp3) is 0.133. The van der Waals surface area contributed by atoms with Crippen molar-refractivity contribution in [3.63, 3.8) is 0 Å². The number of ether oxygens (including phenoxy) is 1. The molecule has 7 heteroatoms. The van der Waals surface area contributed by atoms with Gasteiger partial charge in [-0.2, -0.15) is 0 Å². The first-order valence-electron chi connectivity index (χ1n) is 6.47. The molecule has 1 aromatic carbocycles. The number of aryl methyl sites for hydroxylation is 1. The van der Waals surface area contributed by atoms with Crippen LogP contribution in [0.3, 0.4) is 0 Å². The normalized spacial score (nSPS) is 11.8. The Morgan fingerprint density at radius 1 is 1.18 bits per heavy atom. The third-order valence-electron chi connectivity index (χ3n) is 3.38. The molecule has 0 radical (unpaired) electrons. The molecule has 3 rings (SSSR count). The summed E-state index contributed by atoms with van der Waals surface area (Å²) in [4.78, 5) is 4.12. The standard InChI is InChI=1S/C15H13FN2O3S/c1-10-3-5-11(6-4-10)22(19,20)18-8-7-12-14(16)13(21-2)9-17-15(12)18/h3-9H,1-2H3. The Bertz CT molecular complexity index is 947. The molecule has 2 heterocycles. The van der Waals surface area contributed by atoms with Crippen LogP contribution in [0.4, 0.5) is 4.39 Å². The van der Waals surface area contributed by atoms with Crippen LogP contribution in [0.25, 0.3) is 11.0 Å². The van der Waals surface area contributed by atoms with Crippen molar-refractivity contribution in [3.8, 4) is 5.75 Å². The van der Waals surface area contributed by atoms with Crippen LogP contribution in [0.1, 0.15) is 5.56 Å². The third-order valence-corrected chi connectivity index (χ3v) is 5.06. The van der Waals surface area contributed by atoms with Gasteiger partial charge in [0.25, 0.3) is 10.0 Å². The van der Waals surface area contributed by atoms with Crippen LogP contribution in [0.5, 0.6) is 5.75 Å². The lowest BCUT2D eigenvalue weighted by atomic mass is 10.2. The van der Waals surface area contributed by atoms with Crippen molar-refractivity contribution in [2.75, 3.05) is 7.11 Å². The minimum atomic E-state index is -3.83. The summed E-state index contributed by atoms with van der Waals surface area (Å²) in [6, 6.07) is 7.80. The lowest BCUT2D eigenvalue weighted by Gasteiger charge is -2.08. The van der Waals surface area contributed by atoms with Crippen molar-refractivity contribution in [2.45, 2.75) is 11.8 Å². The third kappa shape index (κ3) is 2.14. The molecule has 0 aliphatic rings. The molecule has 114 valence electrons. The van der Waals surface area contributed by atoms with Gasteiger partial charge < -0.3 is 4.74 Å². The molecule has 0 bridgehead atoms. The molecular weight excluding hydrogens is 307 g/mol. The van der Waals surface area contributed by atoms with E-state index >= 15 is 0 Å². The first kappa shape index (κ1) is 14.5. The average molecular weight is 320 g/mol. The van der Waals surface area contributed by atoms with Crippen molar-refractivity contribution >= 4 is 21.1 Å². The number of hydrogen-bond donors (Lipinski definition) is 0. The number of methoxy groups -OCH3 is 1. The second-order valence-corrected chi connectivity index (χ2v) is 6.62. The molecule has 2 aromatic heterocycles. The summed E-state index contributed by atoms with van der Waals surface area (Å²) in [6.07, 6.45) is 2.45. The maximum atomic E-state index is 14.2. The van der Waals surface area contributed by atoms with E-state index in [-0.39, 0.29) is 21.7 Å². The Morgan fingerprint density at radius 2 is 1.86 bits per heavy atom. The SMILES string of the molecule is COc1cnc2c(ccn2S(=O)(=O)c2ccc(C)cc2)c1F. The topological polar surface area (TPSA) is 61.2 Å². The Kier molecular flexibility index (Phi) is 3.37. The molecule has 5 nitrogen and oxygen atoms in total. The molecular formula is C15H13FN2O3S. The van der Waals surface area contributed by atoms with Gasteiger partial charge in [-0.05, 0) is 25.1 Å². The Hall–Kier alpha value is -2.41. The van der Waals surface area contributed by atoms with Crippen LogP contribution in [-0.2, 0) is 10.0 Å². The van der Waals surface area contributed by atoms with Gasteiger partial charge >= 0.3 is 0 Å². The highest BCUT2D eigenvalue weighted by Crippen LogP contribution is 2.27. The van der Waals surface area contributed by atoms with Gasteiger partial charge in [0, 0.05) is 6.20 Å². The number of hydrogen-bond acceptors (Lipinski definition) is 4. The van der Waals surface area contributed by atoms with Crippen molar-refractivity contribution < 1.29 is 17.5 Å². The van der Waals surface area contributed by atoms with Crippen LogP contribution in [0.15, 0.2) is 47.6 Å². The van der Waals surface area contributed by atoms with E-state index in [0.717, 1.165) is 9.54 Å². The van der Waals surface area contributed by atoms with Crippen molar-refractivity contribution in [1.29, 1.82) is 0 Å². The molecule has 22 heavy (non-hydrogen) atoms. The minimum Gasteiger partial charge on any atom is -0.492 e. The predicted octanol–water partition coefficient (Wildman–Crippen LogP) is 2.73. The van der Waals surface area contributed by atoms with E-state index in [9.17, 15) is 12.8 Å². The summed E-state index contributed by atoms with van der Waals surface area (Å²) in [5, 5.41) is 0.0926. The van der Waals surface area contributed by atoms with Crippen LogP contribution in [-0.4, -0.2) is 24.5 Å². The van der Waals surface area contributed by atoms with Crippen molar-refractivity contribution in [1.82, 2.24) is 8.96 Å². The second-order valence-electron chi connectivity index (χ2n) is 4.81. The lowest BCUT2D eigenvalue weighted by molar-refractivity contribution is 0.387. The monoisotopic (exact) mass is 320 g/mol. The fourth-order valence-corrected chi connectivity index (χ4v) is 3.47. The number of halogens is 1. The first-order valence-corrected chi connectivity index (χ1v) is 7.91. The van der Waals surface area contributed by atoms with Gasteiger partial charge in [-0.1, -0.05) is 17.7 Å². The van der Waals surface area contributed by atoms with Crippen LogP contribution >= 0.6 is 0 Å². The van der Waals surface area contributed by atoms with Gasteiger partial charge in [-0.15, -0.1) is 0 Å². The quantitative estimate of drug-likeness (QED) is 0.744. The van der Waals surface area contributed by atoms with Crippen molar-refractivity contribution in [3.05, 3.63) is 54.1 Å². The van der Waals surface area contributed by atoms with Gasteiger partial charge in [-0.25, -0.2) is 21.8 Å². The van der Waals surface area contributed by atoms with E-state index in [1.165, 1.54) is 37.7 Å². The smallest absolute Gasteiger partial charge is 0.269 e. The molecule has 0 amide bonds. The number of nitrogens with zero attached hydrogens (tertiary/aromatic N) is 2. The second kappa shape index (κ2) is 5.10. The maximum Gasteiger partial charge on any atom is 0.269 e. The number of fused-ring (bicyclic) bond motifs is 1. The van der Waals surface area contributed by atoms with Crippen LogP contribution < -0.4 is 4.74 Å². The van der Waals surface area contributed by atoms with E-state index in [4.69, 9.17) is 4.74 Å². The summed E-state index contributed by atoms with van der Waals surface area (Å²) >= 11 is 0. The summed E-state index contributed by atoms with van der Waals surface area (Å²) in [5.41, 5.74) is 0.976. The maximum absolute atomic E-state index is 14.2. The van der Waals surface area contributed by atoms with E-state index in [2.05, 4.69) is 4.98 Å². The zero-order valence-electron chi connectivity index (χ0n) is 11.9. The lowest BCUT2D eigenvalue weighted by Crippen LogP contribution is -2.12. The Balaban J connectivity index is 2.22. The summed E-state index contributed by atoms with van der Waals surface area (Å²) in [7, 11) is -2.50. The van der Waals surface area contributed by atoms with Gasteiger partial charge in [0.15, 0.2) is 17.2 Å². The summed E-state index contributed by atoms with van der Waals surface area (Å²) < 4.78 is 45.3. The van der Waals surface area contributed by atoms with Gasteiger partial charge in [0.05, 0.1) is 23.6 Å². The summed E-state index contributed by atoms with van der Waals surface area (Å²) in [5.74, 6) is -0.664. The zero-order valence-corrected chi connectivity index (χ0v) is 12.8. The minimum absolute atomic E-state index is 0.0267. The zero-order chi connectivity index (χ0) is 15.9. The number of pyridine rings is 1. The highest BCUT2D eigenvalue weighted by Gasteiger charge is 2.21. The molecule has 0 fully saturated rings. The van der Waals surface area contributed by atoms with E-state index in [1.807, 2.05) is 6.92 Å². The largest absolute Gasteiger partial charge is 0.492 e. The first-order chi connectivity index (χ1) is 10.4. The fourth-order valence-electron chi connectivity index (χ4n) is 2.17. The molecule has 0 aliphatic carbocycles. The highest BCUT2D eigenvalue weighted by molar-refractivity contribution is 7.90. The van der Waals surface area contributed by atoms with E-state index in [1.54, 1.807) is 12.1 Å².